The second-order valence-electron chi connectivity index (χ2n) is 2.72. The predicted octanol–water partition coefficient (Wildman–Crippen LogP) is -0.800. The van der Waals surface area contributed by atoms with Crippen LogP contribution in [0.4, 0.5) is 0 Å². The van der Waals surface area contributed by atoms with Crippen LogP contribution in [-0.4, -0.2) is 32.9 Å². The Morgan fingerprint density at radius 3 is 3.09 bits per heavy atom. The maximum Gasteiger partial charge on any atom is 0.141 e. The largest absolute Gasteiger partial charge is 0.392 e. The first-order valence-corrected chi connectivity index (χ1v) is 3.63. The molecule has 60 valence electrons. The number of nitrogens with one attached hydrogen (secondary N) is 2. The van der Waals surface area contributed by atoms with Crippen LogP contribution in [0.5, 0.6) is 0 Å². The van der Waals surface area contributed by atoms with Crippen LogP contribution in [0.2, 0.25) is 0 Å². The molecule has 2 atom stereocenters. The van der Waals surface area contributed by atoms with Crippen molar-refractivity contribution in [3.8, 4) is 0 Å². The molecule has 1 aromatic rings. The van der Waals surface area contributed by atoms with E-state index >= 15 is 0 Å². The van der Waals surface area contributed by atoms with Crippen molar-refractivity contribution in [1.29, 1.82) is 0 Å². The zero-order chi connectivity index (χ0) is 7.68. The van der Waals surface area contributed by atoms with E-state index in [9.17, 15) is 5.11 Å². The molecule has 3 N–H and O–H groups in total. The van der Waals surface area contributed by atoms with E-state index in [0.717, 1.165) is 12.2 Å². The lowest BCUT2D eigenvalue weighted by atomic mass is 10.2. The van der Waals surface area contributed by atoms with Crippen LogP contribution in [0.25, 0.3) is 0 Å². The van der Waals surface area contributed by atoms with E-state index < -0.39 is 0 Å². The van der Waals surface area contributed by atoms with Crippen LogP contribution in [0.3, 0.4) is 0 Å². The normalized spacial score (nSPS) is 31.0. The lowest BCUT2D eigenvalue weighted by molar-refractivity contribution is 0.193. The van der Waals surface area contributed by atoms with Crippen molar-refractivity contribution in [1.82, 2.24) is 20.5 Å². The summed E-state index contributed by atoms with van der Waals surface area (Å²) in [5.41, 5.74) is 0. The Morgan fingerprint density at radius 2 is 2.55 bits per heavy atom. The lowest BCUT2D eigenvalue weighted by Crippen LogP contribution is -2.15. The van der Waals surface area contributed by atoms with E-state index in [1.807, 2.05) is 0 Å². The summed E-state index contributed by atoms with van der Waals surface area (Å²) in [5.74, 6) is 0.807. The van der Waals surface area contributed by atoms with E-state index in [0.29, 0.717) is 6.54 Å². The van der Waals surface area contributed by atoms with Crippen LogP contribution in [0.1, 0.15) is 18.3 Å². The van der Waals surface area contributed by atoms with Gasteiger partial charge in [0.2, 0.25) is 0 Å². The number of nitrogens with zero attached hydrogens (tertiary/aromatic N) is 2. The zero-order valence-corrected chi connectivity index (χ0v) is 5.99. The fourth-order valence-corrected chi connectivity index (χ4v) is 1.31. The van der Waals surface area contributed by atoms with E-state index in [4.69, 9.17) is 0 Å². The highest BCUT2D eigenvalue weighted by atomic mass is 16.3. The highest BCUT2D eigenvalue weighted by Crippen LogP contribution is 2.18. The third kappa shape index (κ3) is 1.24. The van der Waals surface area contributed by atoms with Gasteiger partial charge in [0.25, 0.3) is 0 Å². The molecule has 0 saturated carbocycles. The molecule has 1 aliphatic heterocycles. The molecule has 1 saturated heterocycles. The number of aromatic amines is 1. The molecule has 0 unspecified atom stereocenters. The summed E-state index contributed by atoms with van der Waals surface area (Å²) in [6.07, 6.45) is 1.95. The summed E-state index contributed by atoms with van der Waals surface area (Å²) in [6, 6.07) is 0.146. The summed E-state index contributed by atoms with van der Waals surface area (Å²) in [4.78, 5) is 3.99. The molecule has 1 aromatic heterocycles. The lowest BCUT2D eigenvalue weighted by Gasteiger charge is -2.03. The molecule has 0 radical (unpaired) electrons. The molecule has 2 rings (SSSR count). The van der Waals surface area contributed by atoms with Crippen molar-refractivity contribution in [2.75, 3.05) is 6.54 Å². The molecular weight excluding hydrogens is 144 g/mol. The second-order valence-corrected chi connectivity index (χ2v) is 2.72. The number of hydrogen-bond acceptors (Lipinski definition) is 4. The summed E-state index contributed by atoms with van der Waals surface area (Å²) < 4.78 is 0. The Hall–Kier alpha value is -0.940. The minimum atomic E-state index is -0.245. The fraction of sp³-hybridized carbons (Fsp3) is 0.667. The zero-order valence-electron chi connectivity index (χ0n) is 5.99. The standard InChI is InChI=1S/C6H10N4O/c11-4-1-5(7-2-4)6-8-3-9-10-6/h3-5,7,11H,1-2H2,(H,8,9,10)/t4-,5+/m1/s1. The van der Waals surface area contributed by atoms with Gasteiger partial charge in [0.05, 0.1) is 12.1 Å². The Labute approximate surface area is 63.8 Å². The van der Waals surface area contributed by atoms with Gasteiger partial charge in [-0.15, -0.1) is 0 Å². The summed E-state index contributed by atoms with van der Waals surface area (Å²) in [7, 11) is 0. The van der Waals surface area contributed by atoms with Crippen molar-refractivity contribution >= 4 is 0 Å². The van der Waals surface area contributed by atoms with Crippen LogP contribution in [0.15, 0.2) is 6.33 Å². The Kier molecular flexibility index (Phi) is 1.59. The molecule has 2 heterocycles. The van der Waals surface area contributed by atoms with Gasteiger partial charge in [-0.25, -0.2) is 4.98 Å². The molecule has 1 fully saturated rings. The van der Waals surface area contributed by atoms with Crippen molar-refractivity contribution in [2.24, 2.45) is 0 Å². The molecule has 5 nitrogen and oxygen atoms in total. The molecule has 0 spiro atoms. The fourth-order valence-electron chi connectivity index (χ4n) is 1.31. The maximum atomic E-state index is 9.17. The van der Waals surface area contributed by atoms with Crippen LogP contribution in [-0.2, 0) is 0 Å². The first-order valence-electron chi connectivity index (χ1n) is 3.63. The van der Waals surface area contributed by atoms with Gasteiger partial charge in [0.1, 0.15) is 12.2 Å². The number of hydrogen-bond donors (Lipinski definition) is 3. The predicted molar refractivity (Wildman–Crippen MR) is 37.8 cm³/mol. The molecule has 0 aromatic carbocycles. The summed E-state index contributed by atoms with van der Waals surface area (Å²) in [5, 5.41) is 18.8. The summed E-state index contributed by atoms with van der Waals surface area (Å²) in [6.45, 7) is 0.644. The molecule has 1 aliphatic rings. The smallest absolute Gasteiger partial charge is 0.141 e. The second kappa shape index (κ2) is 2.60. The number of aliphatic hydroxyl groups excluding tert-OH is 1. The van der Waals surface area contributed by atoms with Crippen molar-refractivity contribution in [2.45, 2.75) is 18.6 Å². The third-order valence-corrected chi connectivity index (χ3v) is 1.87. The van der Waals surface area contributed by atoms with E-state index in [2.05, 4.69) is 20.5 Å². The minimum absolute atomic E-state index is 0.146. The summed E-state index contributed by atoms with van der Waals surface area (Å²) >= 11 is 0. The number of rotatable bonds is 1. The van der Waals surface area contributed by atoms with Gasteiger partial charge in [-0.05, 0) is 6.42 Å². The van der Waals surface area contributed by atoms with Crippen LogP contribution < -0.4 is 5.32 Å². The van der Waals surface area contributed by atoms with Crippen molar-refractivity contribution in [3.63, 3.8) is 0 Å². The molecule has 0 amide bonds. The number of aliphatic hydroxyl groups is 1. The van der Waals surface area contributed by atoms with Crippen molar-refractivity contribution in [3.05, 3.63) is 12.2 Å². The van der Waals surface area contributed by atoms with Gasteiger partial charge in [0, 0.05) is 6.54 Å². The molecule has 0 bridgehead atoms. The maximum absolute atomic E-state index is 9.17. The highest BCUT2D eigenvalue weighted by molar-refractivity contribution is 4.96. The number of β-amino-alcohol motifs (C(OH)–C–C–N with tert-alkyl or cyclic N) is 1. The van der Waals surface area contributed by atoms with E-state index in [1.165, 1.54) is 6.33 Å². The monoisotopic (exact) mass is 154 g/mol. The SMILES string of the molecule is O[C@H]1CN[C@H](c2ncn[nH]2)C1. The van der Waals surface area contributed by atoms with E-state index in [1.54, 1.807) is 0 Å². The average molecular weight is 154 g/mol. The molecule has 5 heteroatoms. The third-order valence-electron chi connectivity index (χ3n) is 1.87. The van der Waals surface area contributed by atoms with Crippen LogP contribution >= 0.6 is 0 Å². The Balaban J connectivity index is 2.08. The van der Waals surface area contributed by atoms with Crippen molar-refractivity contribution < 1.29 is 5.11 Å². The van der Waals surface area contributed by atoms with Gasteiger partial charge in [0.15, 0.2) is 0 Å². The van der Waals surface area contributed by atoms with E-state index in [-0.39, 0.29) is 12.1 Å². The molecular formula is C6H10N4O. The van der Waals surface area contributed by atoms with Crippen LogP contribution in [0, 0.1) is 0 Å². The number of H-pyrrole nitrogens is 1. The van der Waals surface area contributed by atoms with Gasteiger partial charge >= 0.3 is 0 Å². The highest BCUT2D eigenvalue weighted by Gasteiger charge is 2.24. The molecule has 0 aliphatic carbocycles. The van der Waals surface area contributed by atoms with Gasteiger partial charge in [-0.3, -0.25) is 5.10 Å². The Morgan fingerprint density at radius 1 is 1.64 bits per heavy atom. The van der Waals surface area contributed by atoms with Gasteiger partial charge < -0.3 is 10.4 Å². The number of aromatic nitrogens is 3. The van der Waals surface area contributed by atoms with Gasteiger partial charge in [-0.1, -0.05) is 0 Å². The average Bonchev–Trinajstić information content (AvgIpc) is 2.55. The molecule has 11 heavy (non-hydrogen) atoms. The quantitative estimate of drug-likeness (QED) is 0.495. The first kappa shape index (κ1) is 6.75. The van der Waals surface area contributed by atoms with Gasteiger partial charge in [-0.2, -0.15) is 5.10 Å². The Bertz CT molecular complexity index is 222. The topological polar surface area (TPSA) is 73.8 Å². The minimum Gasteiger partial charge on any atom is -0.392 e. The first-order chi connectivity index (χ1) is 5.36.